The molecule has 1 amide bonds. The van der Waals surface area contributed by atoms with Crippen LogP contribution in [0.5, 0.6) is 0 Å². The van der Waals surface area contributed by atoms with Crippen LogP contribution in [-0.2, 0) is 9.53 Å². The minimum absolute atomic E-state index is 0.156. The van der Waals surface area contributed by atoms with Gasteiger partial charge in [0.15, 0.2) is 0 Å². The highest BCUT2D eigenvalue weighted by Crippen LogP contribution is 2.23. The van der Waals surface area contributed by atoms with Gasteiger partial charge in [0.1, 0.15) is 16.5 Å². The largest absolute Gasteiger partial charge is 0.444 e. The van der Waals surface area contributed by atoms with E-state index in [9.17, 15) is 9.59 Å². The molecule has 0 bridgehead atoms. The van der Waals surface area contributed by atoms with Crippen molar-refractivity contribution in [3.63, 3.8) is 0 Å². The molecule has 0 aliphatic heterocycles. The van der Waals surface area contributed by atoms with Crippen LogP contribution in [0.25, 0.3) is 0 Å². The first-order valence-electron chi connectivity index (χ1n) is 5.87. The number of alkyl carbamates (subject to hydrolysis) is 1. The third-order valence-electron chi connectivity index (χ3n) is 2.19. The highest BCUT2D eigenvalue weighted by Gasteiger charge is 2.21. The highest BCUT2D eigenvalue weighted by molar-refractivity contribution is 9.10. The Morgan fingerprint density at radius 1 is 1.58 bits per heavy atom. The molecule has 0 aliphatic carbocycles. The van der Waals surface area contributed by atoms with Crippen molar-refractivity contribution in [2.45, 2.75) is 38.8 Å². The molecule has 0 fully saturated rings. The average molecular weight is 329 g/mol. The minimum atomic E-state index is -0.581. The van der Waals surface area contributed by atoms with E-state index in [1.165, 1.54) is 0 Å². The molecule has 1 aromatic rings. The molecule has 1 N–H and O–H groups in total. The molecule has 0 radical (unpaired) electrons. The number of amides is 1. The topological polar surface area (TPSA) is 68.3 Å². The fourth-order valence-corrected chi connectivity index (χ4v) is 1.99. The van der Waals surface area contributed by atoms with E-state index in [1.54, 1.807) is 39.1 Å². The average Bonchev–Trinajstić information content (AvgIpc) is 2.26. The zero-order valence-electron chi connectivity index (χ0n) is 11.1. The summed E-state index contributed by atoms with van der Waals surface area (Å²) in [7, 11) is 0. The molecule has 5 nitrogen and oxygen atoms in total. The summed E-state index contributed by atoms with van der Waals surface area (Å²) in [5, 5.41) is 2.67. The molecule has 104 valence electrons. The van der Waals surface area contributed by atoms with Gasteiger partial charge in [-0.1, -0.05) is 6.07 Å². The van der Waals surface area contributed by atoms with E-state index < -0.39 is 17.7 Å². The van der Waals surface area contributed by atoms with Crippen LogP contribution in [0.3, 0.4) is 0 Å². The van der Waals surface area contributed by atoms with Crippen molar-refractivity contribution in [3.05, 3.63) is 28.5 Å². The molecule has 0 saturated carbocycles. The van der Waals surface area contributed by atoms with Crippen LogP contribution in [0, 0.1) is 0 Å². The first-order valence-corrected chi connectivity index (χ1v) is 6.66. The molecule has 0 spiro atoms. The number of aromatic nitrogens is 1. The third-order valence-corrected chi connectivity index (χ3v) is 2.85. The third kappa shape index (κ3) is 5.38. The maximum atomic E-state index is 11.7. The minimum Gasteiger partial charge on any atom is -0.444 e. The van der Waals surface area contributed by atoms with E-state index in [4.69, 9.17) is 4.74 Å². The van der Waals surface area contributed by atoms with Crippen molar-refractivity contribution in [2.75, 3.05) is 0 Å². The van der Waals surface area contributed by atoms with E-state index in [2.05, 4.69) is 26.2 Å². The number of aldehydes is 1. The van der Waals surface area contributed by atoms with E-state index in [0.717, 1.165) is 11.8 Å². The lowest BCUT2D eigenvalue weighted by molar-refractivity contribution is -0.108. The fourth-order valence-electron chi connectivity index (χ4n) is 1.47. The quantitative estimate of drug-likeness (QED) is 0.681. The van der Waals surface area contributed by atoms with Crippen LogP contribution in [0.1, 0.15) is 38.8 Å². The Balaban J connectivity index is 2.82. The first kappa shape index (κ1) is 15.6. The van der Waals surface area contributed by atoms with Gasteiger partial charge in [0.2, 0.25) is 0 Å². The highest BCUT2D eigenvalue weighted by atomic mass is 79.9. The van der Waals surface area contributed by atoms with E-state index in [0.29, 0.717) is 4.60 Å². The number of carbonyl (C=O) groups is 2. The summed E-state index contributed by atoms with van der Waals surface area (Å²) in [5.41, 5.74) is 0.155. The Morgan fingerprint density at radius 2 is 2.26 bits per heavy atom. The van der Waals surface area contributed by atoms with E-state index in [-0.39, 0.29) is 6.42 Å². The molecular weight excluding hydrogens is 312 g/mol. The lowest BCUT2D eigenvalue weighted by Gasteiger charge is -2.23. The molecule has 0 saturated heterocycles. The van der Waals surface area contributed by atoms with Crippen LogP contribution < -0.4 is 5.32 Å². The summed E-state index contributed by atoms with van der Waals surface area (Å²) in [6.07, 6.45) is 1.97. The number of nitrogens with one attached hydrogen (secondary N) is 1. The number of hydrogen-bond acceptors (Lipinski definition) is 4. The first-order chi connectivity index (χ1) is 8.83. The van der Waals surface area contributed by atoms with Crippen LogP contribution in [-0.4, -0.2) is 23.0 Å². The van der Waals surface area contributed by atoms with Crippen molar-refractivity contribution >= 4 is 28.3 Å². The fraction of sp³-hybridized carbons (Fsp3) is 0.462. The lowest BCUT2D eigenvalue weighted by atomic mass is 10.1. The summed E-state index contributed by atoms with van der Waals surface area (Å²) in [4.78, 5) is 26.6. The van der Waals surface area contributed by atoms with Crippen molar-refractivity contribution in [2.24, 2.45) is 0 Å². The van der Waals surface area contributed by atoms with Gasteiger partial charge in [-0.2, -0.15) is 0 Å². The van der Waals surface area contributed by atoms with E-state index >= 15 is 0 Å². The van der Waals surface area contributed by atoms with E-state index in [1.807, 2.05) is 0 Å². The van der Waals surface area contributed by atoms with Gasteiger partial charge in [-0.15, -0.1) is 0 Å². The van der Waals surface area contributed by atoms with Gasteiger partial charge in [-0.05, 0) is 42.8 Å². The van der Waals surface area contributed by atoms with Gasteiger partial charge in [0, 0.05) is 18.2 Å². The van der Waals surface area contributed by atoms with Crippen LogP contribution >= 0.6 is 15.9 Å². The Morgan fingerprint density at radius 3 is 2.79 bits per heavy atom. The molecule has 0 aromatic carbocycles. The normalized spacial score (nSPS) is 12.6. The van der Waals surface area contributed by atoms with Crippen molar-refractivity contribution in [1.82, 2.24) is 10.3 Å². The van der Waals surface area contributed by atoms with Gasteiger partial charge in [-0.3, -0.25) is 0 Å². The Bertz CT molecular complexity index is 457. The molecule has 19 heavy (non-hydrogen) atoms. The van der Waals surface area contributed by atoms with Crippen LogP contribution in [0.4, 0.5) is 4.79 Å². The number of pyridine rings is 1. The lowest BCUT2D eigenvalue weighted by Crippen LogP contribution is -2.35. The number of halogens is 1. The molecule has 1 heterocycles. The second-order valence-electron chi connectivity index (χ2n) is 4.98. The Labute approximate surface area is 120 Å². The van der Waals surface area contributed by atoms with Gasteiger partial charge < -0.3 is 14.8 Å². The molecule has 1 atom stereocenters. The second-order valence-corrected chi connectivity index (χ2v) is 5.74. The molecule has 1 aromatic heterocycles. The summed E-state index contributed by atoms with van der Waals surface area (Å²) >= 11 is 3.30. The van der Waals surface area contributed by atoms with Gasteiger partial charge >= 0.3 is 6.09 Å². The maximum Gasteiger partial charge on any atom is 0.408 e. The summed E-state index contributed by atoms with van der Waals surface area (Å²) in [6.45, 7) is 5.34. The Kier molecular flexibility index (Phi) is 5.47. The van der Waals surface area contributed by atoms with Crippen LogP contribution in [0.15, 0.2) is 22.9 Å². The van der Waals surface area contributed by atoms with Gasteiger partial charge in [0.25, 0.3) is 0 Å². The second kappa shape index (κ2) is 6.65. The summed E-state index contributed by atoms with van der Waals surface area (Å²) in [6, 6.07) is 3.08. The summed E-state index contributed by atoms with van der Waals surface area (Å²) < 4.78 is 5.77. The zero-order valence-corrected chi connectivity index (χ0v) is 12.7. The predicted molar refractivity (Wildman–Crippen MR) is 74.7 cm³/mol. The molecule has 0 unspecified atom stereocenters. The summed E-state index contributed by atoms with van der Waals surface area (Å²) in [5.74, 6) is 0. The zero-order chi connectivity index (χ0) is 14.5. The van der Waals surface area contributed by atoms with Crippen molar-refractivity contribution in [1.29, 1.82) is 0 Å². The SMILES string of the molecule is CC(C)(C)OC(=O)N[C@@H](CC=O)c1cccnc1Br. The molecule has 0 aliphatic rings. The van der Waals surface area contributed by atoms with Crippen molar-refractivity contribution in [3.8, 4) is 0 Å². The molecule has 6 heteroatoms. The standard InChI is InChI=1S/C13H17BrN2O3/c1-13(2,3)19-12(18)16-10(6-8-17)9-5-4-7-15-11(9)14/h4-5,7-8,10H,6H2,1-3H3,(H,16,18)/t10-/m0/s1. The predicted octanol–water partition coefficient (Wildman–Crippen LogP) is 3.00. The number of carbonyl (C=O) groups excluding carboxylic acids is 2. The van der Waals surface area contributed by atoms with Crippen LogP contribution in [0.2, 0.25) is 0 Å². The maximum absolute atomic E-state index is 11.7. The molecular formula is C13H17BrN2O3. The Hall–Kier alpha value is -1.43. The smallest absolute Gasteiger partial charge is 0.408 e. The van der Waals surface area contributed by atoms with Gasteiger partial charge in [0.05, 0.1) is 6.04 Å². The monoisotopic (exact) mass is 328 g/mol. The number of nitrogens with zero attached hydrogens (tertiary/aromatic N) is 1. The number of hydrogen-bond donors (Lipinski definition) is 1. The van der Waals surface area contributed by atoms with Gasteiger partial charge in [-0.25, -0.2) is 9.78 Å². The molecule has 1 rings (SSSR count). The number of rotatable bonds is 4. The van der Waals surface area contributed by atoms with Crippen molar-refractivity contribution < 1.29 is 14.3 Å². The number of ether oxygens (including phenoxy) is 1.